The van der Waals surface area contributed by atoms with Crippen LogP contribution in [0.15, 0.2) is 56.8 Å². The Kier molecular flexibility index (Phi) is 6.89. The first kappa shape index (κ1) is 20.2. The fourth-order valence-corrected chi connectivity index (χ4v) is 4.25. The van der Waals surface area contributed by atoms with E-state index in [1.807, 2.05) is 24.4 Å². The summed E-state index contributed by atoms with van der Waals surface area (Å²) in [5.74, 6) is 0.325. The molecule has 1 amide bonds. The number of ether oxygens (including phenoxy) is 1. The molecule has 3 aromatic rings. The van der Waals surface area contributed by atoms with E-state index in [0.717, 1.165) is 15.6 Å². The van der Waals surface area contributed by atoms with Crippen LogP contribution in [0.3, 0.4) is 0 Å². The minimum atomic E-state index is -0.912. The lowest BCUT2D eigenvalue weighted by atomic mass is 10.1. The van der Waals surface area contributed by atoms with E-state index in [-0.39, 0.29) is 12.5 Å². The number of carbonyl (C=O) groups excluding carboxylic acids is 2. The van der Waals surface area contributed by atoms with Crippen LogP contribution in [-0.2, 0) is 21.8 Å². The minimum Gasteiger partial charge on any atom is -0.467 e. The fourth-order valence-electron chi connectivity index (χ4n) is 2.39. The average Bonchev–Trinajstić information content (AvgIpc) is 3.36. The predicted molar refractivity (Wildman–Crippen MR) is 108 cm³/mol. The number of aryl methyl sites for hydroxylation is 1. The van der Waals surface area contributed by atoms with E-state index < -0.39 is 12.1 Å². The quantitative estimate of drug-likeness (QED) is 0.438. The molecule has 146 valence electrons. The van der Waals surface area contributed by atoms with Crippen molar-refractivity contribution in [3.05, 3.63) is 70.6 Å². The summed E-state index contributed by atoms with van der Waals surface area (Å²) in [7, 11) is 0. The van der Waals surface area contributed by atoms with Crippen molar-refractivity contribution >= 4 is 35.0 Å². The Morgan fingerprint density at radius 1 is 1.29 bits per heavy atom. The Hall–Kier alpha value is -2.58. The molecule has 0 aliphatic heterocycles. The summed E-state index contributed by atoms with van der Waals surface area (Å²) in [6.45, 7) is 3.74. The molecule has 2 aromatic heterocycles. The molecule has 0 bridgehead atoms. The van der Waals surface area contributed by atoms with E-state index in [1.165, 1.54) is 6.26 Å². The smallest absolute Gasteiger partial charge is 0.339 e. The third kappa shape index (κ3) is 5.46. The van der Waals surface area contributed by atoms with Gasteiger partial charge in [-0.2, -0.15) is 0 Å². The Morgan fingerprint density at radius 2 is 2.11 bits per heavy atom. The zero-order valence-electron chi connectivity index (χ0n) is 15.5. The first-order valence-electron chi connectivity index (χ1n) is 8.67. The number of benzene rings is 1. The maximum Gasteiger partial charge on any atom is 0.339 e. The van der Waals surface area contributed by atoms with Crippen LogP contribution in [0.1, 0.15) is 34.3 Å². The third-order valence-electron chi connectivity index (χ3n) is 3.86. The van der Waals surface area contributed by atoms with Gasteiger partial charge in [0, 0.05) is 16.8 Å². The summed E-state index contributed by atoms with van der Waals surface area (Å²) in [5, 5.41) is 4.68. The van der Waals surface area contributed by atoms with Crippen LogP contribution in [0.2, 0.25) is 0 Å². The number of amides is 1. The second kappa shape index (κ2) is 9.57. The number of esters is 1. The second-order valence-corrected chi connectivity index (χ2v) is 8.13. The lowest BCUT2D eigenvalue weighted by molar-refractivity contribution is -0.129. The molecular weight excluding hydrogens is 396 g/mol. The lowest BCUT2D eigenvalue weighted by Crippen LogP contribution is -2.35. The van der Waals surface area contributed by atoms with Crippen molar-refractivity contribution in [2.75, 3.05) is 0 Å². The van der Waals surface area contributed by atoms with E-state index in [1.54, 1.807) is 54.3 Å². The largest absolute Gasteiger partial charge is 0.467 e. The molecule has 0 unspecified atom stereocenters. The van der Waals surface area contributed by atoms with E-state index in [4.69, 9.17) is 9.15 Å². The van der Waals surface area contributed by atoms with Gasteiger partial charge in [0.05, 0.1) is 18.4 Å². The first-order valence-corrected chi connectivity index (χ1v) is 10.5. The number of hydrogen-bond donors (Lipinski definition) is 1. The second-order valence-electron chi connectivity index (χ2n) is 6.05. The Labute approximate surface area is 171 Å². The molecule has 3 rings (SSSR count). The molecule has 0 saturated heterocycles. The number of aromatic nitrogens is 1. The van der Waals surface area contributed by atoms with Gasteiger partial charge in [-0.05, 0) is 37.6 Å². The number of thiazole rings is 1. The van der Waals surface area contributed by atoms with E-state index in [0.29, 0.717) is 17.1 Å². The third-order valence-corrected chi connectivity index (χ3v) is 6.04. The normalized spacial score (nSPS) is 11.8. The van der Waals surface area contributed by atoms with Gasteiger partial charge >= 0.3 is 5.97 Å². The molecule has 8 heteroatoms. The maximum atomic E-state index is 12.6. The summed E-state index contributed by atoms with van der Waals surface area (Å²) in [6.07, 6.45) is 0.622. The highest BCUT2D eigenvalue weighted by atomic mass is 32.2. The van der Waals surface area contributed by atoms with Crippen LogP contribution in [0.25, 0.3) is 0 Å². The molecule has 1 aromatic carbocycles. The molecule has 0 radical (unpaired) electrons. The van der Waals surface area contributed by atoms with Gasteiger partial charge in [-0.15, -0.1) is 11.3 Å². The number of thioether (sulfide) groups is 1. The zero-order valence-corrected chi connectivity index (χ0v) is 17.1. The lowest BCUT2D eigenvalue weighted by Gasteiger charge is -2.14. The first-order chi connectivity index (χ1) is 13.5. The molecule has 0 aliphatic carbocycles. The highest BCUT2D eigenvalue weighted by Gasteiger charge is 2.21. The molecule has 0 fully saturated rings. The number of nitrogens with zero attached hydrogens (tertiary/aromatic N) is 1. The highest BCUT2D eigenvalue weighted by Crippen LogP contribution is 2.27. The standard InChI is InChI=1S/C20H20N2O4S2/c1-13-11-27-20(22-13)28-12-15-6-3-4-8-17(15)19(24)26-14(2)18(23)21-10-16-7-5-9-25-16/h3-9,11,14H,10,12H2,1-2H3,(H,21,23)/t14-/m0/s1. The molecule has 0 spiro atoms. The monoisotopic (exact) mass is 416 g/mol. The molecule has 0 saturated carbocycles. The van der Waals surface area contributed by atoms with Gasteiger partial charge in [0.1, 0.15) is 10.1 Å². The predicted octanol–water partition coefficient (Wildman–Crippen LogP) is 4.20. The van der Waals surface area contributed by atoms with E-state index >= 15 is 0 Å². The molecule has 6 nitrogen and oxygen atoms in total. The summed E-state index contributed by atoms with van der Waals surface area (Å²) < 4.78 is 11.5. The van der Waals surface area contributed by atoms with Crippen molar-refractivity contribution in [1.29, 1.82) is 0 Å². The summed E-state index contributed by atoms with van der Waals surface area (Å²) in [6, 6.07) is 10.7. The Balaban J connectivity index is 1.57. The minimum absolute atomic E-state index is 0.244. The van der Waals surface area contributed by atoms with Gasteiger partial charge in [-0.25, -0.2) is 9.78 Å². The molecule has 1 N–H and O–H groups in total. The van der Waals surface area contributed by atoms with E-state index in [9.17, 15) is 9.59 Å². The molecule has 0 aliphatic rings. The molecule has 2 heterocycles. The number of carbonyl (C=O) groups is 2. The van der Waals surface area contributed by atoms with Crippen LogP contribution >= 0.6 is 23.1 Å². The molecule has 28 heavy (non-hydrogen) atoms. The van der Waals surface area contributed by atoms with E-state index in [2.05, 4.69) is 10.3 Å². The van der Waals surface area contributed by atoms with Gasteiger partial charge in [0.2, 0.25) is 0 Å². The average molecular weight is 417 g/mol. The fraction of sp³-hybridized carbons (Fsp3) is 0.250. The van der Waals surface area contributed by atoms with Gasteiger partial charge in [0.15, 0.2) is 6.10 Å². The number of rotatable bonds is 8. The summed E-state index contributed by atoms with van der Waals surface area (Å²) >= 11 is 3.14. The van der Waals surface area contributed by atoms with Gasteiger partial charge < -0.3 is 14.5 Å². The Bertz CT molecular complexity index is 937. The topological polar surface area (TPSA) is 81.4 Å². The summed E-state index contributed by atoms with van der Waals surface area (Å²) in [5.41, 5.74) is 2.28. The van der Waals surface area contributed by atoms with Crippen molar-refractivity contribution in [2.45, 2.75) is 36.6 Å². The van der Waals surface area contributed by atoms with Crippen LogP contribution in [0.5, 0.6) is 0 Å². The molecule has 1 atom stereocenters. The van der Waals surface area contributed by atoms with Crippen LogP contribution < -0.4 is 5.32 Å². The van der Waals surface area contributed by atoms with Crippen LogP contribution in [0.4, 0.5) is 0 Å². The number of hydrogen-bond acceptors (Lipinski definition) is 7. The Morgan fingerprint density at radius 3 is 2.82 bits per heavy atom. The number of nitrogens with one attached hydrogen (secondary N) is 1. The van der Waals surface area contributed by atoms with Crippen molar-refractivity contribution in [3.8, 4) is 0 Å². The molecular formula is C20H20N2O4S2. The van der Waals surface area contributed by atoms with Gasteiger partial charge in [-0.1, -0.05) is 30.0 Å². The zero-order chi connectivity index (χ0) is 19.9. The van der Waals surface area contributed by atoms with Gasteiger partial charge in [-0.3, -0.25) is 4.79 Å². The number of furan rings is 1. The maximum absolute atomic E-state index is 12.6. The van der Waals surface area contributed by atoms with Gasteiger partial charge in [0.25, 0.3) is 5.91 Å². The highest BCUT2D eigenvalue weighted by molar-refractivity contribution is 8.00. The summed E-state index contributed by atoms with van der Waals surface area (Å²) in [4.78, 5) is 29.2. The van der Waals surface area contributed by atoms with Crippen LogP contribution in [-0.4, -0.2) is 23.0 Å². The van der Waals surface area contributed by atoms with Crippen molar-refractivity contribution in [1.82, 2.24) is 10.3 Å². The SMILES string of the molecule is Cc1csc(SCc2ccccc2C(=O)O[C@@H](C)C(=O)NCc2ccco2)n1. The van der Waals surface area contributed by atoms with Crippen molar-refractivity contribution in [3.63, 3.8) is 0 Å². The van der Waals surface area contributed by atoms with Crippen molar-refractivity contribution < 1.29 is 18.7 Å². The van der Waals surface area contributed by atoms with Crippen LogP contribution in [0, 0.1) is 6.92 Å². The van der Waals surface area contributed by atoms with Crippen molar-refractivity contribution in [2.24, 2.45) is 0 Å².